The molecule has 1 aliphatic heterocycles. The summed E-state index contributed by atoms with van der Waals surface area (Å²) in [4.78, 5) is 27.1. The lowest BCUT2D eigenvalue weighted by molar-refractivity contribution is -0.137. The van der Waals surface area contributed by atoms with Crippen molar-refractivity contribution in [2.75, 3.05) is 11.6 Å². The van der Waals surface area contributed by atoms with Crippen molar-refractivity contribution in [3.8, 4) is 0 Å². The largest absolute Gasteiger partial charge is 0.350 e. The predicted octanol–water partition coefficient (Wildman–Crippen LogP) is 1.80. The second kappa shape index (κ2) is 7.95. The molecule has 1 unspecified atom stereocenters. The summed E-state index contributed by atoms with van der Waals surface area (Å²) in [7, 11) is 1.88. The number of hydrogen-bond donors (Lipinski definition) is 1. The smallest absolute Gasteiger partial charge is 0.243 e. The highest BCUT2D eigenvalue weighted by Crippen LogP contribution is 2.23. The Balaban J connectivity index is 1.63. The SMILES string of the molecule is Cc1nn(C)c(C)c1CC(=O)N1CSCC1C(=O)NCc1ccccc1. The molecule has 6 nitrogen and oxygen atoms in total. The lowest BCUT2D eigenvalue weighted by atomic mass is 10.1. The van der Waals surface area contributed by atoms with E-state index in [0.29, 0.717) is 18.2 Å². The number of nitrogens with zero attached hydrogens (tertiary/aromatic N) is 3. The van der Waals surface area contributed by atoms with Crippen LogP contribution in [0.5, 0.6) is 0 Å². The van der Waals surface area contributed by atoms with Gasteiger partial charge < -0.3 is 10.2 Å². The maximum absolute atomic E-state index is 12.8. The van der Waals surface area contributed by atoms with E-state index < -0.39 is 6.04 Å². The van der Waals surface area contributed by atoms with Gasteiger partial charge in [0.1, 0.15) is 6.04 Å². The van der Waals surface area contributed by atoms with Gasteiger partial charge in [-0.3, -0.25) is 14.3 Å². The molecule has 1 N–H and O–H groups in total. The average Bonchev–Trinajstić information content (AvgIpc) is 3.21. The minimum absolute atomic E-state index is 0.0194. The van der Waals surface area contributed by atoms with Crippen LogP contribution in [0.1, 0.15) is 22.5 Å². The lowest BCUT2D eigenvalue weighted by Crippen LogP contribution is -2.47. The molecule has 138 valence electrons. The third-order valence-electron chi connectivity index (χ3n) is 4.80. The Hall–Kier alpha value is -2.28. The quantitative estimate of drug-likeness (QED) is 0.869. The van der Waals surface area contributed by atoms with Gasteiger partial charge in [0.05, 0.1) is 18.0 Å². The fourth-order valence-electron chi connectivity index (χ4n) is 3.13. The molecule has 0 spiro atoms. The van der Waals surface area contributed by atoms with E-state index in [9.17, 15) is 9.59 Å². The Morgan fingerprint density at radius 3 is 2.65 bits per heavy atom. The van der Waals surface area contributed by atoms with Crippen molar-refractivity contribution in [1.29, 1.82) is 0 Å². The molecular weight excluding hydrogens is 348 g/mol. The molecule has 1 aromatic carbocycles. The third kappa shape index (κ3) is 3.93. The molecule has 1 atom stereocenters. The van der Waals surface area contributed by atoms with Crippen LogP contribution in [0.15, 0.2) is 30.3 Å². The molecule has 3 rings (SSSR count). The zero-order chi connectivity index (χ0) is 18.7. The van der Waals surface area contributed by atoms with Gasteiger partial charge in [0, 0.05) is 30.6 Å². The molecule has 2 amide bonds. The van der Waals surface area contributed by atoms with E-state index in [1.165, 1.54) is 0 Å². The lowest BCUT2D eigenvalue weighted by Gasteiger charge is -2.23. The molecular formula is C19H24N4O2S. The van der Waals surface area contributed by atoms with E-state index in [0.717, 1.165) is 22.5 Å². The first-order valence-electron chi connectivity index (χ1n) is 8.65. The van der Waals surface area contributed by atoms with Gasteiger partial charge in [-0.1, -0.05) is 30.3 Å². The molecule has 0 bridgehead atoms. The Morgan fingerprint density at radius 2 is 2.00 bits per heavy atom. The van der Waals surface area contributed by atoms with E-state index >= 15 is 0 Å². The van der Waals surface area contributed by atoms with Gasteiger partial charge in [-0.05, 0) is 19.4 Å². The molecule has 0 radical (unpaired) electrons. The van der Waals surface area contributed by atoms with Gasteiger partial charge in [-0.15, -0.1) is 11.8 Å². The summed E-state index contributed by atoms with van der Waals surface area (Å²) in [5.41, 5.74) is 3.87. The number of carbonyl (C=O) groups excluding carboxylic acids is 2. The number of hydrogen-bond acceptors (Lipinski definition) is 4. The van der Waals surface area contributed by atoms with E-state index in [-0.39, 0.29) is 18.2 Å². The number of amides is 2. The van der Waals surface area contributed by atoms with Gasteiger partial charge in [0.2, 0.25) is 11.8 Å². The summed E-state index contributed by atoms with van der Waals surface area (Å²) in [6.07, 6.45) is 0.286. The van der Waals surface area contributed by atoms with Crippen LogP contribution < -0.4 is 5.32 Å². The van der Waals surface area contributed by atoms with Gasteiger partial charge in [0.15, 0.2) is 0 Å². The first kappa shape index (κ1) is 18.5. The van der Waals surface area contributed by atoms with Crippen LogP contribution in [0.2, 0.25) is 0 Å². The second-order valence-corrected chi connectivity index (χ2v) is 7.53. The number of aryl methyl sites for hydroxylation is 2. The van der Waals surface area contributed by atoms with Crippen molar-refractivity contribution in [1.82, 2.24) is 20.0 Å². The fourth-order valence-corrected chi connectivity index (χ4v) is 4.32. The molecule has 0 saturated carbocycles. The number of aromatic nitrogens is 2. The highest BCUT2D eigenvalue weighted by Gasteiger charge is 2.34. The standard InChI is InChI=1S/C19H24N4O2S/c1-13-16(14(2)22(3)21-13)9-18(24)23-12-26-11-17(23)19(25)20-10-15-7-5-4-6-8-15/h4-8,17H,9-12H2,1-3H3,(H,20,25). The van der Waals surface area contributed by atoms with Crippen LogP contribution in [0, 0.1) is 13.8 Å². The fraction of sp³-hybridized carbons (Fsp3) is 0.421. The van der Waals surface area contributed by atoms with Crippen molar-refractivity contribution in [3.63, 3.8) is 0 Å². The summed E-state index contributed by atoms with van der Waals surface area (Å²) in [5.74, 6) is 1.08. The van der Waals surface area contributed by atoms with Crippen molar-refractivity contribution < 1.29 is 9.59 Å². The van der Waals surface area contributed by atoms with Gasteiger partial charge >= 0.3 is 0 Å². The molecule has 2 heterocycles. The van der Waals surface area contributed by atoms with Gasteiger partial charge in [-0.25, -0.2) is 0 Å². The Morgan fingerprint density at radius 1 is 1.27 bits per heavy atom. The summed E-state index contributed by atoms with van der Waals surface area (Å²) in [6.45, 7) is 4.35. The molecule has 0 aliphatic carbocycles. The van der Waals surface area contributed by atoms with Crippen LogP contribution in [0.3, 0.4) is 0 Å². The predicted molar refractivity (Wildman–Crippen MR) is 103 cm³/mol. The van der Waals surface area contributed by atoms with Crippen molar-refractivity contribution >= 4 is 23.6 Å². The number of benzene rings is 1. The average molecular weight is 372 g/mol. The Kier molecular flexibility index (Phi) is 5.66. The minimum Gasteiger partial charge on any atom is -0.350 e. The van der Waals surface area contributed by atoms with E-state index in [1.807, 2.05) is 51.2 Å². The van der Waals surface area contributed by atoms with E-state index in [2.05, 4.69) is 10.4 Å². The molecule has 1 aromatic heterocycles. The topological polar surface area (TPSA) is 67.2 Å². The van der Waals surface area contributed by atoms with Crippen LogP contribution in [0.4, 0.5) is 0 Å². The zero-order valence-electron chi connectivity index (χ0n) is 15.4. The van der Waals surface area contributed by atoms with Crippen LogP contribution in [-0.4, -0.2) is 44.2 Å². The normalized spacial score (nSPS) is 16.7. The Bertz CT molecular complexity index is 803. The number of nitrogens with one attached hydrogen (secondary N) is 1. The second-order valence-electron chi connectivity index (χ2n) is 6.53. The van der Waals surface area contributed by atoms with Gasteiger partial charge in [-0.2, -0.15) is 5.10 Å². The molecule has 1 fully saturated rings. The van der Waals surface area contributed by atoms with Crippen LogP contribution >= 0.6 is 11.8 Å². The molecule has 7 heteroatoms. The number of thioether (sulfide) groups is 1. The van der Waals surface area contributed by atoms with Gasteiger partial charge in [0.25, 0.3) is 0 Å². The number of rotatable bonds is 5. The molecule has 26 heavy (non-hydrogen) atoms. The molecule has 2 aromatic rings. The summed E-state index contributed by atoms with van der Waals surface area (Å²) in [6, 6.07) is 9.37. The van der Waals surface area contributed by atoms with Crippen LogP contribution in [-0.2, 0) is 29.6 Å². The third-order valence-corrected chi connectivity index (χ3v) is 5.81. The molecule has 1 saturated heterocycles. The zero-order valence-corrected chi connectivity index (χ0v) is 16.2. The van der Waals surface area contributed by atoms with E-state index in [1.54, 1.807) is 21.3 Å². The first-order chi connectivity index (χ1) is 12.5. The highest BCUT2D eigenvalue weighted by molar-refractivity contribution is 7.99. The number of carbonyl (C=O) groups is 2. The summed E-state index contributed by atoms with van der Waals surface area (Å²) < 4.78 is 1.79. The highest BCUT2D eigenvalue weighted by atomic mass is 32.2. The van der Waals surface area contributed by atoms with Crippen molar-refractivity contribution in [2.45, 2.75) is 32.9 Å². The summed E-state index contributed by atoms with van der Waals surface area (Å²) in [5, 5.41) is 7.32. The minimum atomic E-state index is -0.409. The molecule has 1 aliphatic rings. The van der Waals surface area contributed by atoms with Crippen LogP contribution in [0.25, 0.3) is 0 Å². The first-order valence-corrected chi connectivity index (χ1v) is 9.80. The van der Waals surface area contributed by atoms with E-state index in [4.69, 9.17) is 0 Å². The maximum atomic E-state index is 12.8. The Labute approximate surface area is 157 Å². The van der Waals surface area contributed by atoms with Crippen molar-refractivity contribution in [3.05, 3.63) is 52.8 Å². The summed E-state index contributed by atoms with van der Waals surface area (Å²) >= 11 is 1.62. The van der Waals surface area contributed by atoms with Crippen molar-refractivity contribution in [2.24, 2.45) is 7.05 Å². The maximum Gasteiger partial charge on any atom is 0.243 e. The monoisotopic (exact) mass is 372 g/mol.